The molecule has 10 heteroatoms. The van der Waals surface area contributed by atoms with Crippen molar-refractivity contribution in [1.29, 1.82) is 0 Å². The Morgan fingerprint density at radius 2 is 1.72 bits per heavy atom. The zero-order valence-electron chi connectivity index (χ0n) is 25.9. The quantitative estimate of drug-likeness (QED) is 0.0993. The Bertz CT molecular complexity index is 1990. The van der Waals surface area contributed by atoms with Crippen LogP contribution in [0, 0.1) is 5.92 Å². The molecule has 2 atom stereocenters. The van der Waals surface area contributed by atoms with E-state index < -0.39 is 23.2 Å². The standard InChI is InChI=1S/C37H34ClN3O5.ClH/c1-19-12-20-14-21(13-19)31-28(15-20)41-27-18-23(38)8-9-24(27)34(31)39-10-3-2-4-11-40-37(46)22-16-26-33(30(43)17-22)36(45)32-25(35(26)44)6-5-7-29(32)42;/h5-9,12,16-18,20-21,42-43H,2-4,10-11,13-15H2,1H3,(H,39,41)(H,40,46);1H. The number of fused-ring (bicyclic) bond motifs is 7. The van der Waals surface area contributed by atoms with Crippen LogP contribution >= 0.6 is 24.0 Å². The number of nitrogens with zero attached hydrogens (tertiary/aromatic N) is 1. The van der Waals surface area contributed by atoms with Crippen LogP contribution in [0.25, 0.3) is 10.9 Å². The van der Waals surface area contributed by atoms with Crippen LogP contribution in [0.2, 0.25) is 5.02 Å². The molecule has 4 N–H and O–H groups in total. The van der Waals surface area contributed by atoms with Crippen molar-refractivity contribution < 1.29 is 24.6 Å². The normalized spacial score (nSPS) is 17.6. The van der Waals surface area contributed by atoms with Gasteiger partial charge in [-0.2, -0.15) is 0 Å². The molecule has 3 aromatic carbocycles. The smallest absolute Gasteiger partial charge is 0.251 e. The van der Waals surface area contributed by atoms with Gasteiger partial charge in [-0.05, 0) is 93.7 Å². The number of halogens is 2. The molecule has 1 aromatic heterocycles. The molecule has 1 amide bonds. The third-order valence-electron chi connectivity index (χ3n) is 9.41. The van der Waals surface area contributed by atoms with Crippen LogP contribution in [0.1, 0.15) is 98.4 Å². The van der Waals surface area contributed by atoms with E-state index in [4.69, 9.17) is 16.6 Å². The van der Waals surface area contributed by atoms with Crippen molar-refractivity contribution >= 4 is 58.1 Å². The second-order valence-corrected chi connectivity index (χ2v) is 13.1. The number of phenols is 2. The molecular formula is C37H35Cl2N3O5. The summed E-state index contributed by atoms with van der Waals surface area (Å²) in [5, 5.41) is 29.1. The maximum absolute atomic E-state index is 13.1. The van der Waals surface area contributed by atoms with Gasteiger partial charge in [-0.1, -0.05) is 35.4 Å². The number of carbonyl (C=O) groups excluding carboxylic acids is 3. The molecule has 1 heterocycles. The van der Waals surface area contributed by atoms with Crippen LogP contribution < -0.4 is 10.6 Å². The Balaban J connectivity index is 0.00000386. The molecule has 0 saturated heterocycles. The first-order valence-corrected chi connectivity index (χ1v) is 16.2. The van der Waals surface area contributed by atoms with Crippen LogP contribution in [0.3, 0.4) is 0 Å². The highest BCUT2D eigenvalue weighted by Crippen LogP contribution is 2.47. The Morgan fingerprint density at radius 3 is 2.55 bits per heavy atom. The van der Waals surface area contributed by atoms with E-state index in [1.807, 2.05) is 12.1 Å². The lowest BCUT2D eigenvalue weighted by molar-refractivity contribution is 0.0948. The van der Waals surface area contributed by atoms with Gasteiger partial charge in [-0.15, -0.1) is 12.4 Å². The number of rotatable bonds is 8. The molecule has 3 aliphatic carbocycles. The number of unbranched alkanes of at least 4 members (excludes halogenated alkanes) is 2. The Labute approximate surface area is 283 Å². The van der Waals surface area contributed by atoms with E-state index in [0.717, 1.165) is 56.0 Å². The van der Waals surface area contributed by atoms with E-state index in [9.17, 15) is 24.6 Å². The fraction of sp³-hybridized carbons (Fsp3) is 0.297. The second kappa shape index (κ2) is 13.0. The van der Waals surface area contributed by atoms with Crippen LogP contribution in [0.4, 0.5) is 5.69 Å². The summed E-state index contributed by atoms with van der Waals surface area (Å²) in [6.45, 7) is 3.42. The first kappa shape index (κ1) is 32.5. The lowest BCUT2D eigenvalue weighted by Gasteiger charge is -2.36. The van der Waals surface area contributed by atoms with Crippen LogP contribution in [0.5, 0.6) is 11.5 Å². The average Bonchev–Trinajstić information content (AvgIpc) is 3.01. The fourth-order valence-electron chi connectivity index (χ4n) is 7.43. The van der Waals surface area contributed by atoms with Crippen molar-refractivity contribution in [2.24, 2.45) is 5.92 Å². The van der Waals surface area contributed by atoms with Gasteiger partial charge in [-0.3, -0.25) is 19.4 Å². The first-order chi connectivity index (χ1) is 22.2. The average molecular weight is 673 g/mol. The molecule has 0 fully saturated rings. The van der Waals surface area contributed by atoms with Gasteiger partial charge in [0.1, 0.15) is 11.5 Å². The van der Waals surface area contributed by atoms with Crippen molar-refractivity contribution in [1.82, 2.24) is 10.3 Å². The molecule has 8 nitrogen and oxygen atoms in total. The number of aromatic hydroxyl groups is 2. The zero-order valence-corrected chi connectivity index (χ0v) is 27.4. The summed E-state index contributed by atoms with van der Waals surface area (Å²) >= 11 is 6.33. The Morgan fingerprint density at radius 1 is 0.936 bits per heavy atom. The van der Waals surface area contributed by atoms with Crippen molar-refractivity contribution in [3.8, 4) is 11.5 Å². The van der Waals surface area contributed by atoms with Gasteiger partial charge < -0.3 is 20.8 Å². The Hall–Kier alpha value is -4.40. The number of carbonyl (C=O) groups is 3. The lowest BCUT2D eigenvalue weighted by Crippen LogP contribution is -2.26. The summed E-state index contributed by atoms with van der Waals surface area (Å²) in [7, 11) is 0. The molecule has 47 heavy (non-hydrogen) atoms. The van der Waals surface area contributed by atoms with Crippen molar-refractivity contribution in [2.45, 2.75) is 51.4 Å². The van der Waals surface area contributed by atoms with Crippen molar-refractivity contribution in [2.75, 3.05) is 18.4 Å². The van der Waals surface area contributed by atoms with Crippen molar-refractivity contribution in [3.05, 3.63) is 104 Å². The lowest BCUT2D eigenvalue weighted by atomic mass is 9.71. The van der Waals surface area contributed by atoms with Crippen LogP contribution in [0.15, 0.2) is 60.2 Å². The topological polar surface area (TPSA) is 129 Å². The van der Waals surface area contributed by atoms with Crippen molar-refractivity contribution in [3.63, 3.8) is 0 Å². The van der Waals surface area contributed by atoms with Crippen LogP contribution in [-0.2, 0) is 6.42 Å². The van der Waals surface area contributed by atoms with Gasteiger partial charge in [0, 0.05) is 57.1 Å². The SMILES string of the molecule is CC1=CC2Cc3nc4cc(Cl)ccc4c(NCCCCCNC(=O)c4cc(O)c5c(c4)C(=O)c4cccc(O)c4C5=O)c3C(C1)C2.Cl. The minimum atomic E-state index is -0.653. The Kier molecular flexibility index (Phi) is 9.01. The molecule has 7 rings (SSSR count). The van der Waals surface area contributed by atoms with E-state index in [1.165, 1.54) is 52.8 Å². The van der Waals surface area contributed by atoms with Gasteiger partial charge in [0.2, 0.25) is 5.78 Å². The number of pyridine rings is 1. The molecular weight excluding hydrogens is 637 g/mol. The molecule has 0 radical (unpaired) electrons. The second-order valence-electron chi connectivity index (χ2n) is 12.6. The van der Waals surface area contributed by atoms with E-state index in [2.05, 4.69) is 29.7 Å². The summed E-state index contributed by atoms with van der Waals surface area (Å²) in [5.74, 6) is -1.42. The highest BCUT2D eigenvalue weighted by molar-refractivity contribution is 6.31. The highest BCUT2D eigenvalue weighted by Gasteiger charge is 2.35. The summed E-state index contributed by atoms with van der Waals surface area (Å²) in [4.78, 5) is 44.1. The number of hydrogen-bond donors (Lipinski definition) is 4. The molecule has 3 aliphatic rings. The molecule has 0 spiro atoms. The molecule has 242 valence electrons. The van der Waals surface area contributed by atoms with Gasteiger partial charge in [0.05, 0.1) is 16.6 Å². The maximum Gasteiger partial charge on any atom is 0.251 e. The maximum atomic E-state index is 13.1. The molecule has 4 aromatic rings. The molecule has 0 aliphatic heterocycles. The summed E-state index contributed by atoms with van der Waals surface area (Å²) in [5.41, 5.74) is 5.79. The molecule has 2 unspecified atom stereocenters. The number of nitrogens with one attached hydrogen (secondary N) is 2. The number of ketones is 2. The molecule has 2 bridgehead atoms. The number of amides is 1. The van der Waals surface area contributed by atoms with E-state index in [1.54, 1.807) is 0 Å². The fourth-order valence-corrected chi connectivity index (χ4v) is 7.60. The number of phenolic OH excluding ortho intramolecular Hbond substituents is 2. The summed E-state index contributed by atoms with van der Waals surface area (Å²) in [6.07, 6.45) is 8.09. The highest BCUT2D eigenvalue weighted by atomic mass is 35.5. The predicted octanol–water partition coefficient (Wildman–Crippen LogP) is 7.50. The number of hydrogen-bond acceptors (Lipinski definition) is 7. The first-order valence-electron chi connectivity index (χ1n) is 15.8. The van der Waals surface area contributed by atoms with Gasteiger partial charge in [0.25, 0.3) is 5.91 Å². The monoisotopic (exact) mass is 671 g/mol. The summed E-state index contributed by atoms with van der Waals surface area (Å²) < 4.78 is 0. The third-order valence-corrected chi connectivity index (χ3v) is 9.65. The van der Waals surface area contributed by atoms with Gasteiger partial charge >= 0.3 is 0 Å². The number of benzene rings is 3. The largest absolute Gasteiger partial charge is 0.507 e. The zero-order chi connectivity index (χ0) is 32.1. The van der Waals surface area contributed by atoms with Crippen LogP contribution in [-0.4, -0.2) is 45.8 Å². The number of aromatic nitrogens is 1. The predicted molar refractivity (Wildman–Crippen MR) is 185 cm³/mol. The number of anilines is 1. The molecule has 0 saturated carbocycles. The summed E-state index contributed by atoms with van der Waals surface area (Å²) in [6, 6.07) is 12.7. The van der Waals surface area contributed by atoms with E-state index in [-0.39, 0.29) is 46.0 Å². The van der Waals surface area contributed by atoms with Gasteiger partial charge in [-0.25, -0.2) is 0 Å². The minimum Gasteiger partial charge on any atom is -0.507 e. The van der Waals surface area contributed by atoms with E-state index in [0.29, 0.717) is 23.4 Å². The third kappa shape index (κ3) is 5.96. The van der Waals surface area contributed by atoms with E-state index >= 15 is 0 Å². The van der Waals surface area contributed by atoms with Gasteiger partial charge in [0.15, 0.2) is 5.78 Å². The number of allylic oxidation sites excluding steroid dienone is 2. The minimum absolute atomic E-state index is 0.